The Bertz CT molecular complexity index is 2590. The minimum Gasteiger partial charge on any atom is -0.508 e. The summed E-state index contributed by atoms with van der Waals surface area (Å²) < 4.78 is 0. The number of hydrogen-bond donors (Lipinski definition) is 1. The van der Waals surface area contributed by atoms with E-state index in [1.165, 1.54) is 89.1 Å². The van der Waals surface area contributed by atoms with Gasteiger partial charge in [0.05, 0.1) is 0 Å². The van der Waals surface area contributed by atoms with E-state index in [2.05, 4.69) is 147 Å². The van der Waals surface area contributed by atoms with Gasteiger partial charge in [-0.2, -0.15) is 0 Å². The predicted octanol–water partition coefficient (Wildman–Crippen LogP) is 17.7. The zero-order valence-electron chi connectivity index (χ0n) is 42.3. The number of allylic oxidation sites excluding steroid dienone is 5. The van der Waals surface area contributed by atoms with Crippen molar-refractivity contribution >= 4 is 27.9 Å². The van der Waals surface area contributed by atoms with Crippen LogP contribution in [0, 0.1) is 57.3 Å². The maximum absolute atomic E-state index is 10.8. The molecule has 5 aromatic carbocycles. The maximum Gasteiger partial charge on any atom is 0.118 e. The van der Waals surface area contributed by atoms with Gasteiger partial charge in [-0.05, 0) is 246 Å². The van der Waals surface area contributed by atoms with Crippen molar-refractivity contribution in [2.45, 2.75) is 133 Å². The molecule has 346 valence electrons. The highest BCUT2D eigenvalue weighted by atomic mass is 16.3. The molecule has 6 rings (SSSR count). The lowest BCUT2D eigenvalue weighted by molar-refractivity contribution is 0.0474. The average Bonchev–Trinajstić information content (AvgIpc) is 3.31. The SMILES string of the molecule is C=C(C[C@@H]1C[C@H](CC(=C)c2ccc(C)c(CC)c2)[C@H](CC(=C)c2ccc(O)c(CC)c2)[C@H](CC(=C)c2ccc(C)c(CC)c2)[C@H]1CC(=C)c1ccc(C)c(CC)c1)c1ccc(CC)c(C)c1. The van der Waals surface area contributed by atoms with Crippen molar-refractivity contribution < 1.29 is 5.11 Å². The molecule has 1 aliphatic rings. The molecule has 1 heteroatoms. The minimum absolute atomic E-state index is 0.272. The molecule has 5 atom stereocenters. The molecule has 0 amide bonds. The minimum atomic E-state index is 0.272. The average molecular weight is 877 g/mol. The van der Waals surface area contributed by atoms with Gasteiger partial charge in [0.2, 0.25) is 0 Å². The third-order valence-corrected chi connectivity index (χ3v) is 15.8. The Morgan fingerprint density at radius 2 is 0.697 bits per heavy atom. The summed E-state index contributed by atoms with van der Waals surface area (Å²) in [5.74, 6) is 1.91. The number of rotatable bonds is 20. The smallest absolute Gasteiger partial charge is 0.118 e. The third kappa shape index (κ3) is 11.6. The molecule has 0 heterocycles. The zero-order chi connectivity index (χ0) is 47.8. The Kier molecular flexibility index (Phi) is 17.0. The first-order valence-electron chi connectivity index (χ1n) is 25.2. The number of benzene rings is 5. The number of hydrogen-bond acceptors (Lipinski definition) is 1. The molecule has 0 aromatic heterocycles. The van der Waals surface area contributed by atoms with Crippen LogP contribution < -0.4 is 0 Å². The Hall–Kier alpha value is -5.40. The first-order valence-corrected chi connectivity index (χ1v) is 25.2. The van der Waals surface area contributed by atoms with Crippen LogP contribution >= 0.6 is 0 Å². The van der Waals surface area contributed by atoms with E-state index >= 15 is 0 Å². The van der Waals surface area contributed by atoms with Crippen LogP contribution in [0.3, 0.4) is 0 Å². The Morgan fingerprint density at radius 1 is 0.379 bits per heavy atom. The normalized spacial score (nSPS) is 18.2. The van der Waals surface area contributed by atoms with Crippen molar-refractivity contribution in [1.29, 1.82) is 0 Å². The summed E-state index contributed by atoms with van der Waals surface area (Å²) in [6.07, 6.45) is 10.3. The number of aryl methyl sites for hydroxylation is 9. The van der Waals surface area contributed by atoms with Crippen LogP contribution in [-0.2, 0) is 32.1 Å². The van der Waals surface area contributed by atoms with Gasteiger partial charge in [0, 0.05) is 0 Å². The van der Waals surface area contributed by atoms with Crippen LogP contribution in [0.25, 0.3) is 27.9 Å². The number of phenolic OH excluding ortho intramolecular Hbond substituents is 1. The molecular formula is C65H80O. The van der Waals surface area contributed by atoms with Crippen molar-refractivity contribution in [2.24, 2.45) is 29.6 Å². The highest BCUT2D eigenvalue weighted by Gasteiger charge is 2.45. The molecule has 0 spiro atoms. The van der Waals surface area contributed by atoms with Gasteiger partial charge in [0.25, 0.3) is 0 Å². The first-order chi connectivity index (χ1) is 31.6. The maximum atomic E-state index is 10.8. The molecule has 1 N–H and O–H groups in total. The Morgan fingerprint density at radius 3 is 1.08 bits per heavy atom. The second kappa shape index (κ2) is 22.4. The molecule has 1 nitrogen and oxygen atoms in total. The summed E-state index contributed by atoms with van der Waals surface area (Å²) >= 11 is 0. The van der Waals surface area contributed by atoms with Crippen molar-refractivity contribution in [2.75, 3.05) is 0 Å². The van der Waals surface area contributed by atoms with Crippen LogP contribution in [0.2, 0.25) is 0 Å². The van der Waals surface area contributed by atoms with Gasteiger partial charge in [-0.15, -0.1) is 0 Å². The largest absolute Gasteiger partial charge is 0.508 e. The van der Waals surface area contributed by atoms with Crippen LogP contribution in [0.15, 0.2) is 124 Å². The highest BCUT2D eigenvalue weighted by molar-refractivity contribution is 5.70. The molecule has 1 fully saturated rings. The van der Waals surface area contributed by atoms with E-state index in [4.69, 9.17) is 32.9 Å². The highest BCUT2D eigenvalue weighted by Crippen LogP contribution is 2.55. The monoisotopic (exact) mass is 877 g/mol. The lowest BCUT2D eigenvalue weighted by Gasteiger charge is -2.49. The molecule has 1 saturated carbocycles. The zero-order valence-corrected chi connectivity index (χ0v) is 42.3. The van der Waals surface area contributed by atoms with Crippen molar-refractivity contribution in [3.05, 3.63) is 202 Å². The first kappa shape index (κ1) is 50.0. The Balaban J connectivity index is 1.52. The quantitative estimate of drug-likeness (QED) is 0.0826. The standard InChI is InChI=1S/C65H80O/c1-15-50-26-27-55(30-44(50)9)45(10)31-60-40-61(32-46(11)56-23-20-41(6)51(16-2)36-56)63(34-48(13)59-28-29-65(66)54(19-5)39-59)64(35-49(14)58-25-22-43(8)53(18-4)38-58)62(60)33-47(12)57-24-21-42(7)52(17-3)37-57/h20-30,36-39,60-64,66H,10-19,31-35,40H2,1-9H3/t60-,61+,62+,63+,64-/m1/s1. The van der Waals surface area contributed by atoms with Gasteiger partial charge < -0.3 is 5.11 Å². The van der Waals surface area contributed by atoms with E-state index in [0.29, 0.717) is 23.5 Å². The fourth-order valence-electron chi connectivity index (χ4n) is 11.5. The molecule has 0 saturated heterocycles. The lowest BCUT2D eigenvalue weighted by Crippen LogP contribution is -2.41. The van der Waals surface area contributed by atoms with Gasteiger partial charge in [-0.3, -0.25) is 0 Å². The molecule has 5 aromatic rings. The van der Waals surface area contributed by atoms with Crippen molar-refractivity contribution in [3.8, 4) is 5.75 Å². The van der Waals surface area contributed by atoms with Gasteiger partial charge in [-0.25, -0.2) is 0 Å². The fourth-order valence-corrected chi connectivity index (χ4v) is 11.5. The number of aromatic hydroxyl groups is 1. The second-order valence-electron chi connectivity index (χ2n) is 20.0. The summed E-state index contributed by atoms with van der Waals surface area (Å²) in [6.45, 7) is 44.5. The van der Waals surface area contributed by atoms with E-state index in [1.807, 2.05) is 6.07 Å². The molecule has 0 unspecified atom stereocenters. The Labute approximate surface area is 401 Å². The van der Waals surface area contributed by atoms with E-state index in [1.54, 1.807) is 0 Å². The molecule has 0 aliphatic heterocycles. The van der Waals surface area contributed by atoms with Crippen LogP contribution in [0.5, 0.6) is 5.75 Å². The molecule has 0 bridgehead atoms. The summed E-state index contributed by atoms with van der Waals surface area (Å²) in [4.78, 5) is 0. The van der Waals surface area contributed by atoms with Crippen molar-refractivity contribution in [3.63, 3.8) is 0 Å². The van der Waals surface area contributed by atoms with Crippen LogP contribution in [0.4, 0.5) is 0 Å². The molecule has 66 heavy (non-hydrogen) atoms. The van der Waals surface area contributed by atoms with E-state index < -0.39 is 0 Å². The number of phenols is 1. The van der Waals surface area contributed by atoms with Crippen LogP contribution in [-0.4, -0.2) is 5.11 Å². The van der Waals surface area contributed by atoms with Gasteiger partial charge in [-0.1, -0.05) is 146 Å². The lowest BCUT2D eigenvalue weighted by atomic mass is 9.55. The summed E-state index contributed by atoms with van der Waals surface area (Å²) in [5.41, 5.74) is 24.0. The van der Waals surface area contributed by atoms with E-state index in [9.17, 15) is 5.11 Å². The van der Waals surface area contributed by atoms with Crippen LogP contribution in [0.1, 0.15) is 151 Å². The molecular weight excluding hydrogens is 797 g/mol. The summed E-state index contributed by atoms with van der Waals surface area (Å²) in [5, 5.41) is 10.8. The summed E-state index contributed by atoms with van der Waals surface area (Å²) in [6, 6.07) is 34.0. The topological polar surface area (TPSA) is 20.2 Å². The third-order valence-electron chi connectivity index (χ3n) is 15.8. The van der Waals surface area contributed by atoms with Crippen molar-refractivity contribution in [1.82, 2.24) is 0 Å². The molecule has 1 aliphatic carbocycles. The summed E-state index contributed by atoms with van der Waals surface area (Å²) in [7, 11) is 0. The van der Waals surface area contributed by atoms with Gasteiger partial charge in [0.1, 0.15) is 5.75 Å². The second-order valence-corrected chi connectivity index (χ2v) is 20.0. The van der Waals surface area contributed by atoms with Gasteiger partial charge >= 0.3 is 0 Å². The van der Waals surface area contributed by atoms with E-state index in [-0.39, 0.29) is 11.8 Å². The van der Waals surface area contributed by atoms with E-state index in [0.717, 1.165) is 87.3 Å². The van der Waals surface area contributed by atoms with Gasteiger partial charge in [0.15, 0.2) is 0 Å². The fraction of sp³-hybridized carbons (Fsp3) is 0.385. The predicted molar refractivity (Wildman–Crippen MR) is 290 cm³/mol. The molecule has 0 radical (unpaired) electrons.